The first-order chi connectivity index (χ1) is 22.9. The van der Waals surface area contributed by atoms with Crippen molar-refractivity contribution in [2.45, 2.75) is 103 Å². The smallest absolute Gasteiger partial charge is 0.319 e. The Bertz CT molecular complexity index is 1280. The molecule has 8 atom stereocenters. The summed E-state index contributed by atoms with van der Waals surface area (Å²) >= 11 is 0. The Labute approximate surface area is 292 Å². The number of ketones is 1. The van der Waals surface area contributed by atoms with E-state index < -0.39 is 47.0 Å². The summed E-state index contributed by atoms with van der Waals surface area (Å²) < 4.78 is 25.5. The number of aliphatic hydroxyl groups is 1. The van der Waals surface area contributed by atoms with E-state index in [1.54, 1.807) is 57.3 Å². The van der Waals surface area contributed by atoms with Gasteiger partial charge in [0.15, 0.2) is 12.1 Å². The number of amides is 1. The van der Waals surface area contributed by atoms with Gasteiger partial charge in [0.25, 0.3) is 5.91 Å². The fourth-order valence-electron chi connectivity index (χ4n) is 8.23. The minimum Gasteiger partial charge on any atom is -0.457 e. The lowest BCUT2D eigenvalue weighted by Crippen LogP contribution is -2.58. The fourth-order valence-corrected chi connectivity index (χ4v) is 8.23. The Morgan fingerprint density at radius 1 is 1.10 bits per heavy atom. The molecule has 4 rings (SSSR count). The highest BCUT2D eigenvalue weighted by Crippen LogP contribution is 2.40. The van der Waals surface area contributed by atoms with E-state index in [1.165, 1.54) is 0 Å². The molecule has 1 aromatic heterocycles. The van der Waals surface area contributed by atoms with Gasteiger partial charge in [0.2, 0.25) is 0 Å². The molecule has 0 aromatic carbocycles. The number of hydrogen-bond donors (Lipinski definition) is 1. The number of esters is 1. The molecular weight excluding hydrogens is 628 g/mol. The second kappa shape index (κ2) is 15.8. The molecule has 4 heterocycles. The van der Waals surface area contributed by atoms with Gasteiger partial charge in [-0.3, -0.25) is 19.4 Å². The lowest BCUT2D eigenvalue weighted by molar-refractivity contribution is -0.297. The Hall–Kier alpha value is -2.48. The standard InChI is InChI=1S/C37H60N4O8/c1-24-20-36(6,46-10)31(48-33-29(42)28(22-39(7)8)19-25(2)47-33)26(3)30(43)35(4,5)34(45)49-37(23-40(9)21-24)13-17-41(18-14-37)32(44)27-11-15-38-16-12-27/h11-12,15-16,24-26,28-29,31,33,42H,13-14,17-23H2,1-10H3/t24-,25-,26+,28-,29-,31-,33+,36-/m1/s1. The molecule has 0 unspecified atom stereocenters. The van der Waals surface area contributed by atoms with Crippen LogP contribution in [0.4, 0.5) is 0 Å². The number of hydrogen-bond acceptors (Lipinski definition) is 11. The minimum atomic E-state index is -1.52. The van der Waals surface area contributed by atoms with Gasteiger partial charge in [0.1, 0.15) is 17.1 Å². The number of carbonyl (C=O) groups excluding carboxylic acids is 3. The molecule has 3 aliphatic heterocycles. The van der Waals surface area contributed by atoms with Crippen LogP contribution < -0.4 is 0 Å². The van der Waals surface area contributed by atoms with Crippen molar-refractivity contribution >= 4 is 17.7 Å². The van der Waals surface area contributed by atoms with Crippen molar-refractivity contribution < 1.29 is 38.4 Å². The van der Waals surface area contributed by atoms with Gasteiger partial charge in [-0.1, -0.05) is 13.8 Å². The van der Waals surface area contributed by atoms with Crippen LogP contribution in [0, 0.1) is 23.2 Å². The average Bonchev–Trinajstić information content (AvgIpc) is 3.04. The number of nitrogens with zero attached hydrogens (tertiary/aromatic N) is 4. The van der Waals surface area contributed by atoms with Crippen molar-refractivity contribution in [1.82, 2.24) is 19.7 Å². The molecule has 3 saturated heterocycles. The number of rotatable bonds is 6. The van der Waals surface area contributed by atoms with E-state index in [0.717, 1.165) is 0 Å². The molecule has 1 spiro atoms. The summed E-state index contributed by atoms with van der Waals surface area (Å²) in [6, 6.07) is 3.40. The summed E-state index contributed by atoms with van der Waals surface area (Å²) in [5.41, 5.74) is -2.79. The van der Waals surface area contributed by atoms with Crippen molar-refractivity contribution in [2.75, 3.05) is 61.0 Å². The Balaban J connectivity index is 1.63. The van der Waals surface area contributed by atoms with Crippen molar-refractivity contribution in [3.8, 4) is 0 Å². The highest BCUT2D eigenvalue weighted by atomic mass is 16.7. The fraction of sp³-hybridized carbons (Fsp3) is 0.784. The van der Waals surface area contributed by atoms with E-state index in [9.17, 15) is 19.5 Å². The SMILES string of the molecule is CO[C@]1(C)C[C@@H](C)CN(C)CC2(CCN(C(=O)c3ccncc3)CC2)OC(=O)C(C)(C)C(=O)[C@H](C)[C@H]1O[C@@H]1O[C@H](C)C[C@H](CN(C)C)[C@H]1O. The normalized spacial score (nSPS) is 34.9. The van der Waals surface area contributed by atoms with Crippen LogP contribution in [-0.2, 0) is 28.5 Å². The van der Waals surface area contributed by atoms with Crippen LogP contribution in [0.3, 0.4) is 0 Å². The molecule has 0 aliphatic carbocycles. The highest BCUT2D eigenvalue weighted by Gasteiger charge is 2.53. The third kappa shape index (κ3) is 9.07. The van der Waals surface area contributed by atoms with E-state index in [4.69, 9.17) is 18.9 Å². The first-order valence-corrected chi connectivity index (χ1v) is 17.8. The number of ether oxygens (including phenoxy) is 4. The van der Waals surface area contributed by atoms with Crippen molar-refractivity contribution in [2.24, 2.45) is 23.2 Å². The number of carbonyl (C=O) groups is 3. The van der Waals surface area contributed by atoms with Crippen LogP contribution in [-0.4, -0.2) is 139 Å². The Morgan fingerprint density at radius 3 is 2.33 bits per heavy atom. The lowest BCUT2D eigenvalue weighted by Gasteiger charge is -2.46. The minimum absolute atomic E-state index is 0.0834. The van der Waals surface area contributed by atoms with Gasteiger partial charge in [0, 0.05) is 82.5 Å². The van der Waals surface area contributed by atoms with Crippen LogP contribution in [0.5, 0.6) is 0 Å². The quantitative estimate of drug-likeness (QED) is 0.349. The van der Waals surface area contributed by atoms with E-state index in [-0.39, 0.29) is 29.6 Å². The van der Waals surface area contributed by atoms with Crippen molar-refractivity contribution in [3.05, 3.63) is 30.1 Å². The molecular formula is C37H60N4O8. The summed E-state index contributed by atoms with van der Waals surface area (Å²) in [6.07, 6.45) is 2.43. The zero-order chi connectivity index (χ0) is 36.3. The molecule has 276 valence electrons. The van der Waals surface area contributed by atoms with Crippen molar-refractivity contribution in [1.29, 1.82) is 0 Å². The number of likely N-dealkylation sites (tertiary alicyclic amines) is 1. The van der Waals surface area contributed by atoms with Gasteiger partial charge < -0.3 is 38.8 Å². The van der Waals surface area contributed by atoms with E-state index in [2.05, 4.69) is 16.8 Å². The van der Waals surface area contributed by atoms with E-state index in [1.807, 2.05) is 39.9 Å². The molecule has 12 nitrogen and oxygen atoms in total. The topological polar surface area (TPSA) is 131 Å². The molecule has 0 bridgehead atoms. The first-order valence-electron chi connectivity index (χ1n) is 17.8. The second-order valence-electron chi connectivity index (χ2n) is 16.0. The second-order valence-corrected chi connectivity index (χ2v) is 16.0. The lowest BCUT2D eigenvalue weighted by atomic mass is 9.74. The van der Waals surface area contributed by atoms with Crippen molar-refractivity contribution in [3.63, 3.8) is 0 Å². The Morgan fingerprint density at radius 2 is 1.73 bits per heavy atom. The number of aromatic nitrogens is 1. The number of methoxy groups -OCH3 is 1. The van der Waals surface area contributed by atoms with E-state index >= 15 is 0 Å². The molecule has 1 amide bonds. The van der Waals surface area contributed by atoms with Gasteiger partial charge in [0.05, 0.1) is 17.8 Å². The molecule has 3 aliphatic rings. The zero-order valence-corrected chi connectivity index (χ0v) is 31.3. The summed E-state index contributed by atoms with van der Waals surface area (Å²) in [7, 11) is 7.56. The molecule has 1 N–H and O–H groups in total. The maximum absolute atomic E-state index is 14.5. The predicted molar refractivity (Wildman–Crippen MR) is 185 cm³/mol. The van der Waals surface area contributed by atoms with Gasteiger partial charge in [-0.15, -0.1) is 0 Å². The zero-order valence-electron chi connectivity index (χ0n) is 31.3. The van der Waals surface area contributed by atoms with Crippen LogP contribution in [0.1, 0.15) is 77.6 Å². The maximum atomic E-state index is 14.5. The summed E-state index contributed by atoms with van der Waals surface area (Å²) in [6.45, 7) is 13.6. The number of likely N-dealkylation sites (N-methyl/N-ethyl adjacent to an activating group) is 1. The van der Waals surface area contributed by atoms with Gasteiger partial charge in [-0.25, -0.2) is 0 Å². The highest BCUT2D eigenvalue weighted by molar-refractivity contribution is 6.04. The summed E-state index contributed by atoms with van der Waals surface area (Å²) in [4.78, 5) is 51.9. The largest absolute Gasteiger partial charge is 0.457 e. The monoisotopic (exact) mass is 688 g/mol. The molecule has 1 aromatic rings. The van der Waals surface area contributed by atoms with Crippen LogP contribution in [0.25, 0.3) is 0 Å². The summed E-state index contributed by atoms with van der Waals surface area (Å²) in [5.74, 6) is -1.83. The molecule has 0 radical (unpaired) electrons. The molecule has 12 heteroatoms. The number of piperidine rings is 1. The molecule has 0 saturated carbocycles. The third-order valence-corrected chi connectivity index (χ3v) is 10.8. The van der Waals surface area contributed by atoms with E-state index in [0.29, 0.717) is 64.0 Å². The van der Waals surface area contributed by atoms with Gasteiger partial charge >= 0.3 is 5.97 Å². The predicted octanol–water partition coefficient (Wildman–Crippen LogP) is 3.27. The third-order valence-electron chi connectivity index (χ3n) is 10.8. The van der Waals surface area contributed by atoms with Crippen LogP contribution in [0.2, 0.25) is 0 Å². The van der Waals surface area contributed by atoms with Crippen LogP contribution in [0.15, 0.2) is 24.5 Å². The maximum Gasteiger partial charge on any atom is 0.319 e. The first kappa shape index (κ1) is 39.3. The molecule has 3 fully saturated rings. The number of aliphatic hydroxyl groups excluding tert-OH is 1. The molecule has 49 heavy (non-hydrogen) atoms. The number of Topliss-reactive ketones (excluding diaryl/α,β-unsaturated/α-hetero) is 1. The average molecular weight is 689 g/mol. The summed E-state index contributed by atoms with van der Waals surface area (Å²) in [5, 5.41) is 11.4. The Kier molecular flexibility index (Phi) is 12.7. The van der Waals surface area contributed by atoms with Crippen LogP contribution >= 0.6 is 0 Å². The van der Waals surface area contributed by atoms with Gasteiger partial charge in [-0.05, 0) is 79.7 Å². The van der Waals surface area contributed by atoms with Gasteiger partial charge in [-0.2, -0.15) is 0 Å². The number of pyridine rings is 1.